The van der Waals surface area contributed by atoms with Crippen molar-refractivity contribution in [1.29, 1.82) is 0 Å². The van der Waals surface area contributed by atoms with Gasteiger partial charge in [0.2, 0.25) is 0 Å². The SMILES string of the molecule is C=C[C@@]1(C)CCC2[C@]3(C)CCCC(C)(COC(C)=O)[C@@H]3[C@H](O)C[C@]2(C)O1. The smallest absolute Gasteiger partial charge is 0.302 e. The summed E-state index contributed by atoms with van der Waals surface area (Å²) in [6.07, 6.45) is 7.35. The van der Waals surface area contributed by atoms with Crippen LogP contribution in [0.2, 0.25) is 0 Å². The molecule has 26 heavy (non-hydrogen) atoms. The van der Waals surface area contributed by atoms with Crippen LogP contribution in [0, 0.1) is 22.7 Å². The first-order valence-corrected chi connectivity index (χ1v) is 10.1. The van der Waals surface area contributed by atoms with Gasteiger partial charge in [0, 0.05) is 18.8 Å². The molecule has 0 aromatic carbocycles. The van der Waals surface area contributed by atoms with E-state index in [1.807, 2.05) is 6.08 Å². The predicted molar refractivity (Wildman–Crippen MR) is 102 cm³/mol. The number of aliphatic hydroxyl groups excluding tert-OH is 1. The number of carbonyl (C=O) groups is 1. The number of esters is 1. The number of ether oxygens (including phenoxy) is 2. The highest BCUT2D eigenvalue weighted by Gasteiger charge is 2.65. The fourth-order valence-corrected chi connectivity index (χ4v) is 6.98. The molecule has 1 heterocycles. The number of hydrogen-bond acceptors (Lipinski definition) is 4. The zero-order chi connectivity index (χ0) is 19.4. The zero-order valence-electron chi connectivity index (χ0n) is 17.1. The third-order valence-corrected chi connectivity index (χ3v) is 7.89. The molecular formula is C22H36O4. The molecule has 148 valence electrons. The van der Waals surface area contributed by atoms with Gasteiger partial charge >= 0.3 is 5.97 Å². The Labute approximate surface area is 158 Å². The molecular weight excluding hydrogens is 328 g/mol. The highest BCUT2D eigenvalue weighted by atomic mass is 16.5. The summed E-state index contributed by atoms with van der Waals surface area (Å²) in [4.78, 5) is 11.4. The topological polar surface area (TPSA) is 55.8 Å². The maximum Gasteiger partial charge on any atom is 0.302 e. The van der Waals surface area contributed by atoms with Gasteiger partial charge in [0.15, 0.2) is 0 Å². The first-order chi connectivity index (χ1) is 12.0. The van der Waals surface area contributed by atoms with E-state index >= 15 is 0 Å². The van der Waals surface area contributed by atoms with Crippen molar-refractivity contribution in [3.8, 4) is 0 Å². The van der Waals surface area contributed by atoms with E-state index in [-0.39, 0.29) is 33.9 Å². The van der Waals surface area contributed by atoms with Gasteiger partial charge in [-0.1, -0.05) is 26.3 Å². The molecule has 0 bridgehead atoms. The second kappa shape index (κ2) is 6.34. The number of aliphatic hydroxyl groups is 1. The fourth-order valence-electron chi connectivity index (χ4n) is 6.98. The van der Waals surface area contributed by atoms with Gasteiger partial charge in [-0.3, -0.25) is 4.79 Å². The van der Waals surface area contributed by atoms with Gasteiger partial charge in [-0.2, -0.15) is 0 Å². The number of carbonyl (C=O) groups excluding carboxylic acids is 1. The average molecular weight is 365 g/mol. The quantitative estimate of drug-likeness (QED) is 0.601. The zero-order valence-corrected chi connectivity index (χ0v) is 17.1. The van der Waals surface area contributed by atoms with Crippen LogP contribution < -0.4 is 0 Å². The van der Waals surface area contributed by atoms with Crippen LogP contribution in [0.15, 0.2) is 12.7 Å². The van der Waals surface area contributed by atoms with Crippen LogP contribution in [0.3, 0.4) is 0 Å². The fraction of sp³-hybridized carbons (Fsp3) is 0.864. The van der Waals surface area contributed by atoms with E-state index in [1.54, 1.807) is 0 Å². The Bertz CT molecular complexity index is 589. The molecule has 0 amide bonds. The molecule has 0 aromatic rings. The highest BCUT2D eigenvalue weighted by molar-refractivity contribution is 5.65. The number of rotatable bonds is 3. The molecule has 1 N–H and O–H groups in total. The standard InChI is InChI=1S/C22H36O4/c1-7-20(4)12-9-17-21(5)11-8-10-19(3,14-25-15(2)23)18(21)16(24)13-22(17,6)26-20/h7,16-18,24H,1,8-14H2,2-6H3/t16-,17?,18+,19?,20+,21+,22+/m1/s1. The summed E-state index contributed by atoms with van der Waals surface area (Å²) in [6.45, 7) is 14.7. The molecule has 3 aliphatic rings. The molecule has 2 saturated carbocycles. The summed E-state index contributed by atoms with van der Waals surface area (Å²) >= 11 is 0. The molecule has 1 aliphatic heterocycles. The molecule has 0 radical (unpaired) electrons. The summed E-state index contributed by atoms with van der Waals surface area (Å²) < 4.78 is 12.0. The molecule has 4 nitrogen and oxygen atoms in total. The maximum atomic E-state index is 11.4. The van der Waals surface area contributed by atoms with Crippen LogP contribution in [0.5, 0.6) is 0 Å². The van der Waals surface area contributed by atoms with Crippen molar-refractivity contribution in [3.63, 3.8) is 0 Å². The lowest BCUT2D eigenvalue weighted by atomic mass is 9.43. The van der Waals surface area contributed by atoms with Gasteiger partial charge in [-0.05, 0) is 56.8 Å². The van der Waals surface area contributed by atoms with Gasteiger partial charge in [0.25, 0.3) is 0 Å². The lowest BCUT2D eigenvalue weighted by Crippen LogP contribution is -2.67. The van der Waals surface area contributed by atoms with Crippen molar-refractivity contribution in [2.75, 3.05) is 6.61 Å². The van der Waals surface area contributed by atoms with Crippen molar-refractivity contribution in [3.05, 3.63) is 12.7 Å². The highest BCUT2D eigenvalue weighted by Crippen LogP contribution is 2.65. The minimum atomic E-state index is -0.450. The van der Waals surface area contributed by atoms with Gasteiger partial charge < -0.3 is 14.6 Å². The van der Waals surface area contributed by atoms with E-state index in [1.165, 1.54) is 6.92 Å². The normalized spacial score (nSPS) is 51.1. The van der Waals surface area contributed by atoms with Crippen LogP contribution in [-0.4, -0.2) is 35.0 Å². The molecule has 3 rings (SSSR count). The molecule has 2 aliphatic carbocycles. The van der Waals surface area contributed by atoms with E-state index in [9.17, 15) is 9.90 Å². The molecule has 4 heteroatoms. The Morgan fingerprint density at radius 2 is 1.96 bits per heavy atom. The summed E-state index contributed by atoms with van der Waals surface area (Å²) in [5, 5.41) is 11.3. The Kier molecular flexibility index (Phi) is 4.85. The first kappa shape index (κ1) is 19.9. The molecule has 7 atom stereocenters. The second-order valence-electron chi connectivity index (χ2n) is 10.1. The minimum Gasteiger partial charge on any atom is -0.465 e. The Balaban J connectivity index is 1.95. The molecule has 0 spiro atoms. The largest absolute Gasteiger partial charge is 0.465 e. The first-order valence-electron chi connectivity index (χ1n) is 10.1. The molecule has 1 saturated heterocycles. The molecule has 3 fully saturated rings. The second-order valence-corrected chi connectivity index (χ2v) is 10.1. The van der Waals surface area contributed by atoms with Crippen molar-refractivity contribution in [2.24, 2.45) is 22.7 Å². The number of hydrogen-bond donors (Lipinski definition) is 1. The Hall–Kier alpha value is -0.870. The van der Waals surface area contributed by atoms with Crippen molar-refractivity contribution in [1.82, 2.24) is 0 Å². The lowest BCUT2D eigenvalue weighted by molar-refractivity contribution is -0.281. The summed E-state index contributed by atoms with van der Waals surface area (Å²) in [5.41, 5.74) is -0.851. The average Bonchev–Trinajstić information content (AvgIpc) is 2.51. The predicted octanol–water partition coefficient (Wildman–Crippen LogP) is 4.26. The van der Waals surface area contributed by atoms with Crippen LogP contribution in [-0.2, 0) is 14.3 Å². The van der Waals surface area contributed by atoms with Crippen LogP contribution in [0.25, 0.3) is 0 Å². The maximum absolute atomic E-state index is 11.4. The van der Waals surface area contributed by atoms with Gasteiger partial charge in [-0.15, -0.1) is 6.58 Å². The molecule has 2 unspecified atom stereocenters. The summed E-state index contributed by atoms with van der Waals surface area (Å²) in [5.74, 6) is 0.280. The van der Waals surface area contributed by atoms with E-state index in [0.717, 1.165) is 32.1 Å². The van der Waals surface area contributed by atoms with E-state index in [4.69, 9.17) is 9.47 Å². The monoisotopic (exact) mass is 364 g/mol. The minimum absolute atomic E-state index is 0.0118. The van der Waals surface area contributed by atoms with E-state index < -0.39 is 6.10 Å². The van der Waals surface area contributed by atoms with Crippen LogP contribution in [0.4, 0.5) is 0 Å². The van der Waals surface area contributed by atoms with Crippen LogP contribution in [0.1, 0.15) is 73.1 Å². The van der Waals surface area contributed by atoms with Crippen LogP contribution >= 0.6 is 0 Å². The van der Waals surface area contributed by atoms with E-state index in [0.29, 0.717) is 18.9 Å². The van der Waals surface area contributed by atoms with Crippen molar-refractivity contribution >= 4 is 5.97 Å². The third-order valence-electron chi connectivity index (χ3n) is 7.89. The lowest BCUT2D eigenvalue weighted by Gasteiger charge is -2.66. The van der Waals surface area contributed by atoms with Gasteiger partial charge in [0.1, 0.15) is 0 Å². The molecule has 0 aromatic heterocycles. The van der Waals surface area contributed by atoms with E-state index in [2.05, 4.69) is 34.3 Å². The Morgan fingerprint density at radius 1 is 1.27 bits per heavy atom. The van der Waals surface area contributed by atoms with Crippen molar-refractivity contribution < 1.29 is 19.4 Å². The third kappa shape index (κ3) is 3.03. The van der Waals surface area contributed by atoms with Gasteiger partial charge in [0.05, 0.1) is 23.9 Å². The Morgan fingerprint density at radius 3 is 2.58 bits per heavy atom. The van der Waals surface area contributed by atoms with Gasteiger partial charge in [-0.25, -0.2) is 0 Å². The number of fused-ring (bicyclic) bond motifs is 3. The van der Waals surface area contributed by atoms with Crippen molar-refractivity contribution in [2.45, 2.75) is 90.4 Å². The summed E-state index contributed by atoms with van der Waals surface area (Å²) in [7, 11) is 0. The summed E-state index contributed by atoms with van der Waals surface area (Å²) in [6, 6.07) is 0.